The van der Waals surface area contributed by atoms with Crippen LogP contribution in [0.3, 0.4) is 0 Å². The van der Waals surface area contributed by atoms with E-state index in [4.69, 9.17) is 4.99 Å². The molecule has 0 saturated carbocycles. The third-order valence-electron chi connectivity index (χ3n) is 4.09. The number of para-hydroxylation sites is 1. The van der Waals surface area contributed by atoms with Crippen LogP contribution in [0.2, 0.25) is 0 Å². The first-order valence-corrected chi connectivity index (χ1v) is 8.39. The Balaban J connectivity index is 1.69. The van der Waals surface area contributed by atoms with Gasteiger partial charge in [-0.1, -0.05) is 25.1 Å². The van der Waals surface area contributed by atoms with Gasteiger partial charge < -0.3 is 10.2 Å². The number of anilines is 1. The standard InChI is InChI=1S/C18H25N5/c1-3-19-18(20-13-15(2)14-22-11-6-10-21-22)23-12-9-16-7-4-5-8-17(16)23/h4-8,10-11,15H,3,9,12-14H2,1-2H3,(H,19,20). The van der Waals surface area contributed by atoms with Crippen molar-refractivity contribution in [2.24, 2.45) is 10.9 Å². The van der Waals surface area contributed by atoms with E-state index < -0.39 is 0 Å². The second-order valence-corrected chi connectivity index (χ2v) is 6.06. The van der Waals surface area contributed by atoms with Gasteiger partial charge in [-0.2, -0.15) is 5.10 Å². The van der Waals surface area contributed by atoms with Crippen LogP contribution in [0.4, 0.5) is 5.69 Å². The van der Waals surface area contributed by atoms with Gasteiger partial charge in [0.25, 0.3) is 0 Å². The highest BCUT2D eigenvalue weighted by Gasteiger charge is 2.22. The smallest absolute Gasteiger partial charge is 0.198 e. The van der Waals surface area contributed by atoms with E-state index in [-0.39, 0.29) is 0 Å². The monoisotopic (exact) mass is 311 g/mol. The van der Waals surface area contributed by atoms with Crippen LogP contribution < -0.4 is 10.2 Å². The summed E-state index contributed by atoms with van der Waals surface area (Å²) >= 11 is 0. The summed E-state index contributed by atoms with van der Waals surface area (Å²) in [6, 6.07) is 10.6. The summed E-state index contributed by atoms with van der Waals surface area (Å²) in [6.07, 6.45) is 4.91. The molecule has 122 valence electrons. The van der Waals surface area contributed by atoms with E-state index >= 15 is 0 Å². The Bertz CT molecular complexity index is 647. The predicted molar refractivity (Wildman–Crippen MR) is 94.9 cm³/mol. The maximum Gasteiger partial charge on any atom is 0.198 e. The van der Waals surface area contributed by atoms with E-state index in [1.54, 1.807) is 0 Å². The van der Waals surface area contributed by atoms with Gasteiger partial charge in [0, 0.05) is 44.3 Å². The number of nitrogens with zero attached hydrogens (tertiary/aromatic N) is 4. The average molecular weight is 311 g/mol. The second kappa shape index (κ2) is 7.31. The lowest BCUT2D eigenvalue weighted by atomic mass is 10.2. The van der Waals surface area contributed by atoms with Crippen LogP contribution in [0.15, 0.2) is 47.7 Å². The van der Waals surface area contributed by atoms with Gasteiger partial charge in [-0.25, -0.2) is 0 Å². The fourth-order valence-corrected chi connectivity index (χ4v) is 2.98. The molecule has 0 bridgehead atoms. The fraction of sp³-hybridized carbons (Fsp3) is 0.444. The lowest BCUT2D eigenvalue weighted by molar-refractivity contribution is 0.458. The first-order valence-electron chi connectivity index (χ1n) is 8.39. The first-order chi connectivity index (χ1) is 11.3. The molecule has 1 atom stereocenters. The van der Waals surface area contributed by atoms with Crippen LogP contribution in [0.25, 0.3) is 0 Å². The van der Waals surface area contributed by atoms with Crippen LogP contribution >= 0.6 is 0 Å². The van der Waals surface area contributed by atoms with E-state index in [0.29, 0.717) is 5.92 Å². The van der Waals surface area contributed by atoms with Crippen molar-refractivity contribution in [2.75, 3.05) is 24.5 Å². The number of rotatable bonds is 5. The van der Waals surface area contributed by atoms with Gasteiger partial charge in [-0.05, 0) is 37.0 Å². The number of guanidine groups is 1. The lowest BCUT2D eigenvalue weighted by Crippen LogP contribution is -2.41. The van der Waals surface area contributed by atoms with Crippen LogP contribution in [0, 0.1) is 5.92 Å². The zero-order chi connectivity index (χ0) is 16.1. The molecule has 0 fully saturated rings. The molecule has 0 saturated heterocycles. The normalized spacial score (nSPS) is 15.6. The Morgan fingerprint density at radius 2 is 2.22 bits per heavy atom. The number of aromatic nitrogens is 2. The molecule has 0 spiro atoms. The van der Waals surface area contributed by atoms with E-state index in [1.165, 1.54) is 11.3 Å². The lowest BCUT2D eigenvalue weighted by Gasteiger charge is -2.23. The molecule has 5 nitrogen and oxygen atoms in total. The SMILES string of the molecule is CCNC(=NCC(C)Cn1cccn1)N1CCc2ccccc21. The molecule has 5 heteroatoms. The van der Waals surface area contributed by atoms with Crippen molar-refractivity contribution < 1.29 is 0 Å². The summed E-state index contributed by atoms with van der Waals surface area (Å²) in [4.78, 5) is 7.17. The molecule has 1 aliphatic rings. The minimum absolute atomic E-state index is 0.446. The topological polar surface area (TPSA) is 45.5 Å². The van der Waals surface area contributed by atoms with Crippen molar-refractivity contribution in [1.29, 1.82) is 0 Å². The molecule has 1 aromatic carbocycles. The molecule has 1 aromatic heterocycles. The Morgan fingerprint density at radius 3 is 3.00 bits per heavy atom. The average Bonchev–Trinajstić information content (AvgIpc) is 3.21. The molecule has 0 aliphatic carbocycles. The third-order valence-corrected chi connectivity index (χ3v) is 4.09. The first kappa shape index (κ1) is 15.6. The number of hydrogen-bond acceptors (Lipinski definition) is 2. The molecule has 2 heterocycles. The van der Waals surface area contributed by atoms with Crippen LogP contribution in [0.5, 0.6) is 0 Å². The molecule has 1 aliphatic heterocycles. The maximum absolute atomic E-state index is 4.87. The van der Waals surface area contributed by atoms with E-state index in [9.17, 15) is 0 Å². The molecule has 23 heavy (non-hydrogen) atoms. The number of benzene rings is 1. The van der Waals surface area contributed by atoms with E-state index in [1.807, 2.05) is 23.1 Å². The molecule has 1 N–H and O–H groups in total. The van der Waals surface area contributed by atoms with Gasteiger partial charge in [0.15, 0.2) is 5.96 Å². The van der Waals surface area contributed by atoms with Gasteiger partial charge in [0.1, 0.15) is 0 Å². The highest BCUT2D eigenvalue weighted by Crippen LogP contribution is 2.27. The minimum Gasteiger partial charge on any atom is -0.356 e. The van der Waals surface area contributed by atoms with Gasteiger partial charge in [-0.15, -0.1) is 0 Å². The van der Waals surface area contributed by atoms with Gasteiger partial charge in [0.2, 0.25) is 0 Å². The van der Waals surface area contributed by atoms with Gasteiger partial charge in [0.05, 0.1) is 0 Å². The van der Waals surface area contributed by atoms with Crippen LogP contribution in [-0.2, 0) is 13.0 Å². The van der Waals surface area contributed by atoms with Crippen molar-refractivity contribution in [3.63, 3.8) is 0 Å². The summed E-state index contributed by atoms with van der Waals surface area (Å²) in [6.45, 7) is 7.90. The summed E-state index contributed by atoms with van der Waals surface area (Å²) in [5.41, 5.74) is 2.69. The second-order valence-electron chi connectivity index (χ2n) is 6.06. The van der Waals surface area contributed by atoms with E-state index in [0.717, 1.165) is 38.6 Å². The Labute approximate surface area is 138 Å². The van der Waals surface area contributed by atoms with Crippen LogP contribution in [0.1, 0.15) is 19.4 Å². The van der Waals surface area contributed by atoms with Crippen LogP contribution in [-0.4, -0.2) is 35.4 Å². The summed E-state index contributed by atoms with van der Waals surface area (Å²) in [7, 11) is 0. The Morgan fingerprint density at radius 1 is 1.35 bits per heavy atom. The molecule has 0 radical (unpaired) electrons. The van der Waals surface area contributed by atoms with Crippen molar-refractivity contribution in [2.45, 2.75) is 26.8 Å². The van der Waals surface area contributed by atoms with Crippen molar-refractivity contribution in [3.05, 3.63) is 48.3 Å². The Kier molecular flexibility index (Phi) is 4.95. The van der Waals surface area contributed by atoms with Crippen molar-refractivity contribution in [1.82, 2.24) is 15.1 Å². The minimum atomic E-state index is 0.446. The largest absolute Gasteiger partial charge is 0.356 e. The number of fused-ring (bicyclic) bond motifs is 1. The quantitative estimate of drug-likeness (QED) is 0.682. The zero-order valence-electron chi connectivity index (χ0n) is 13.9. The zero-order valence-corrected chi connectivity index (χ0v) is 13.9. The molecular formula is C18H25N5. The third kappa shape index (κ3) is 3.73. The predicted octanol–water partition coefficient (Wildman–Crippen LogP) is 2.55. The number of nitrogens with one attached hydrogen (secondary N) is 1. The molecule has 3 rings (SSSR count). The molecule has 0 amide bonds. The molecule has 1 unspecified atom stereocenters. The highest BCUT2D eigenvalue weighted by molar-refractivity contribution is 5.97. The molecule has 2 aromatic rings. The Hall–Kier alpha value is -2.30. The maximum atomic E-state index is 4.87. The fourth-order valence-electron chi connectivity index (χ4n) is 2.98. The summed E-state index contributed by atoms with van der Waals surface area (Å²) < 4.78 is 1.97. The van der Waals surface area contributed by atoms with E-state index in [2.05, 4.69) is 53.4 Å². The molecular weight excluding hydrogens is 286 g/mol. The summed E-state index contributed by atoms with van der Waals surface area (Å²) in [5.74, 6) is 1.44. The number of aliphatic imine (C=N–C) groups is 1. The summed E-state index contributed by atoms with van der Waals surface area (Å²) in [5, 5.41) is 7.70. The van der Waals surface area contributed by atoms with Crippen molar-refractivity contribution in [3.8, 4) is 0 Å². The highest BCUT2D eigenvalue weighted by atomic mass is 15.3. The van der Waals surface area contributed by atoms with Crippen molar-refractivity contribution >= 4 is 11.6 Å². The van der Waals surface area contributed by atoms with Gasteiger partial charge >= 0.3 is 0 Å². The number of hydrogen-bond donors (Lipinski definition) is 1. The van der Waals surface area contributed by atoms with Gasteiger partial charge in [-0.3, -0.25) is 9.67 Å².